The number of halogens is 3. The average molecular weight is 320 g/mol. The summed E-state index contributed by atoms with van der Waals surface area (Å²) in [6.07, 6.45) is -2.05. The second-order valence-electron chi connectivity index (χ2n) is 4.12. The van der Waals surface area contributed by atoms with Crippen LogP contribution >= 0.6 is 0 Å². The number of aromatic nitrogens is 2. The van der Waals surface area contributed by atoms with Crippen LogP contribution in [0.1, 0.15) is 18.3 Å². The molecule has 1 rings (SSSR count). The number of esters is 1. The van der Waals surface area contributed by atoms with E-state index in [2.05, 4.69) is 9.84 Å². The van der Waals surface area contributed by atoms with Gasteiger partial charge in [-0.15, -0.1) is 0 Å². The number of hydrogen-bond acceptors (Lipinski definition) is 5. The largest absolute Gasteiger partial charge is 0.464 e. The van der Waals surface area contributed by atoms with Gasteiger partial charge < -0.3 is 9.47 Å². The van der Waals surface area contributed by atoms with Crippen molar-refractivity contribution in [3.05, 3.63) is 33.8 Å². The predicted octanol–water partition coefficient (Wildman–Crippen LogP) is 1.39. The third-order valence-electron chi connectivity index (χ3n) is 2.43. The van der Waals surface area contributed by atoms with Gasteiger partial charge in [0, 0.05) is 13.1 Å². The Morgan fingerprint density at radius 1 is 1.45 bits per heavy atom. The van der Waals surface area contributed by atoms with Crippen molar-refractivity contribution in [3.63, 3.8) is 0 Å². The van der Waals surface area contributed by atoms with E-state index in [-0.39, 0.29) is 25.5 Å². The Kier molecular flexibility index (Phi) is 6.29. The fraction of sp³-hybridized carbons (Fsp3) is 0.462. The molecule has 0 aromatic carbocycles. The molecule has 0 atom stereocenters. The molecule has 1 heterocycles. The van der Waals surface area contributed by atoms with E-state index in [0.29, 0.717) is 10.7 Å². The third-order valence-corrected chi connectivity index (χ3v) is 2.43. The standard InChI is InChI=1S/C13H15F3N2O4/c1-3-22-12(20)8-21-6-4-5-9-10(19)7-11(13(14,15)16)18(2)17-9/h4-5,7H,3,6,8H2,1-2H3/b5-4+. The number of aryl methyl sites for hydroxylation is 1. The summed E-state index contributed by atoms with van der Waals surface area (Å²) in [5, 5.41) is 3.55. The normalized spacial score (nSPS) is 11.9. The summed E-state index contributed by atoms with van der Waals surface area (Å²) in [5.41, 5.74) is -2.14. The maximum absolute atomic E-state index is 12.6. The molecule has 6 nitrogen and oxygen atoms in total. The summed E-state index contributed by atoms with van der Waals surface area (Å²) in [4.78, 5) is 22.5. The highest BCUT2D eigenvalue weighted by Crippen LogP contribution is 2.27. The lowest BCUT2D eigenvalue weighted by Crippen LogP contribution is -2.22. The van der Waals surface area contributed by atoms with Crippen LogP contribution in [0.3, 0.4) is 0 Å². The second-order valence-corrected chi connectivity index (χ2v) is 4.12. The van der Waals surface area contributed by atoms with Crippen molar-refractivity contribution >= 4 is 12.0 Å². The summed E-state index contributed by atoms with van der Waals surface area (Å²) in [5.74, 6) is -0.528. The first kappa shape index (κ1) is 17.9. The number of carbonyl (C=O) groups is 1. The summed E-state index contributed by atoms with van der Waals surface area (Å²) < 4.78 is 47.9. The molecular formula is C13H15F3N2O4. The highest BCUT2D eigenvalue weighted by molar-refractivity contribution is 5.70. The van der Waals surface area contributed by atoms with Crippen LogP contribution in [0.5, 0.6) is 0 Å². The van der Waals surface area contributed by atoms with Gasteiger partial charge in [0.2, 0.25) is 5.43 Å². The molecule has 122 valence electrons. The third kappa shape index (κ3) is 5.32. The van der Waals surface area contributed by atoms with E-state index in [9.17, 15) is 22.8 Å². The van der Waals surface area contributed by atoms with Crippen LogP contribution in [0.4, 0.5) is 13.2 Å². The van der Waals surface area contributed by atoms with Gasteiger partial charge in [-0.2, -0.15) is 18.3 Å². The van der Waals surface area contributed by atoms with Gasteiger partial charge >= 0.3 is 12.1 Å². The number of alkyl halides is 3. The number of ether oxygens (including phenoxy) is 2. The lowest BCUT2D eigenvalue weighted by molar-refractivity contribution is -0.148. The van der Waals surface area contributed by atoms with Crippen LogP contribution in [-0.2, 0) is 27.5 Å². The van der Waals surface area contributed by atoms with Crippen LogP contribution < -0.4 is 5.43 Å². The minimum absolute atomic E-state index is 0.00926. The molecule has 0 saturated heterocycles. The minimum Gasteiger partial charge on any atom is -0.464 e. The molecule has 1 aromatic heterocycles. The molecule has 0 amide bonds. The maximum atomic E-state index is 12.6. The summed E-state index contributed by atoms with van der Waals surface area (Å²) in [6, 6.07) is 0.478. The van der Waals surface area contributed by atoms with Crippen LogP contribution in [0, 0.1) is 0 Å². The smallest absolute Gasteiger partial charge is 0.433 e. The Morgan fingerprint density at radius 2 is 2.14 bits per heavy atom. The molecule has 0 aliphatic carbocycles. The fourth-order valence-electron chi connectivity index (χ4n) is 1.51. The zero-order valence-corrected chi connectivity index (χ0v) is 12.0. The van der Waals surface area contributed by atoms with Crippen molar-refractivity contribution in [2.24, 2.45) is 7.05 Å². The average Bonchev–Trinajstić information content (AvgIpc) is 2.40. The molecule has 0 fully saturated rings. The molecule has 0 unspecified atom stereocenters. The molecule has 0 aliphatic heterocycles. The zero-order chi connectivity index (χ0) is 16.8. The van der Waals surface area contributed by atoms with E-state index in [4.69, 9.17) is 4.74 Å². The first-order valence-corrected chi connectivity index (χ1v) is 6.31. The predicted molar refractivity (Wildman–Crippen MR) is 71.0 cm³/mol. The van der Waals surface area contributed by atoms with Crippen molar-refractivity contribution in [3.8, 4) is 0 Å². The number of nitrogens with zero attached hydrogens (tertiary/aromatic N) is 2. The molecule has 0 aliphatic rings. The molecule has 22 heavy (non-hydrogen) atoms. The highest BCUT2D eigenvalue weighted by Gasteiger charge is 2.34. The van der Waals surface area contributed by atoms with E-state index < -0.39 is 23.3 Å². The Balaban J connectivity index is 2.67. The molecule has 0 saturated carbocycles. The Bertz CT molecular complexity index is 608. The van der Waals surface area contributed by atoms with Crippen molar-refractivity contribution in [1.29, 1.82) is 0 Å². The molecule has 0 spiro atoms. The van der Waals surface area contributed by atoms with Gasteiger partial charge in [0.1, 0.15) is 18.0 Å². The highest BCUT2D eigenvalue weighted by atomic mass is 19.4. The molecule has 0 N–H and O–H groups in total. The van der Waals surface area contributed by atoms with Crippen LogP contribution in [-0.4, -0.2) is 35.6 Å². The Morgan fingerprint density at radius 3 is 2.73 bits per heavy atom. The van der Waals surface area contributed by atoms with E-state index >= 15 is 0 Å². The van der Waals surface area contributed by atoms with E-state index in [1.807, 2.05) is 0 Å². The van der Waals surface area contributed by atoms with E-state index in [1.54, 1.807) is 6.92 Å². The lowest BCUT2D eigenvalue weighted by atomic mass is 10.3. The molecule has 0 radical (unpaired) electrons. The van der Waals surface area contributed by atoms with Gasteiger partial charge in [-0.1, -0.05) is 6.08 Å². The van der Waals surface area contributed by atoms with Gasteiger partial charge in [-0.05, 0) is 13.0 Å². The summed E-state index contributed by atoms with van der Waals surface area (Å²) in [6.45, 7) is 1.63. The van der Waals surface area contributed by atoms with Crippen molar-refractivity contribution in [2.45, 2.75) is 13.1 Å². The second kappa shape index (κ2) is 7.74. The van der Waals surface area contributed by atoms with Gasteiger partial charge in [-0.3, -0.25) is 9.48 Å². The first-order valence-electron chi connectivity index (χ1n) is 6.31. The van der Waals surface area contributed by atoms with Crippen molar-refractivity contribution in [2.75, 3.05) is 19.8 Å². The number of carbonyl (C=O) groups excluding carboxylic acids is 1. The van der Waals surface area contributed by atoms with E-state index in [0.717, 1.165) is 7.05 Å². The van der Waals surface area contributed by atoms with Gasteiger partial charge in [0.25, 0.3) is 0 Å². The zero-order valence-electron chi connectivity index (χ0n) is 12.0. The summed E-state index contributed by atoms with van der Waals surface area (Å²) in [7, 11) is 1.09. The first-order chi connectivity index (χ1) is 10.3. The van der Waals surface area contributed by atoms with Crippen LogP contribution in [0.2, 0.25) is 0 Å². The molecule has 1 aromatic rings. The fourth-order valence-corrected chi connectivity index (χ4v) is 1.51. The molecule has 0 bridgehead atoms. The maximum Gasteiger partial charge on any atom is 0.433 e. The van der Waals surface area contributed by atoms with Gasteiger partial charge in [0.05, 0.1) is 13.2 Å². The Labute approximate surface area is 124 Å². The van der Waals surface area contributed by atoms with Crippen LogP contribution in [0.25, 0.3) is 6.08 Å². The quantitative estimate of drug-likeness (QED) is 0.585. The SMILES string of the molecule is CCOC(=O)COC/C=C/c1nn(C)c(C(F)(F)F)cc1=O. The lowest BCUT2D eigenvalue weighted by Gasteiger charge is -2.10. The monoisotopic (exact) mass is 320 g/mol. The van der Waals surface area contributed by atoms with Crippen LogP contribution in [0.15, 0.2) is 16.9 Å². The number of rotatable bonds is 6. The number of hydrogen-bond donors (Lipinski definition) is 0. The van der Waals surface area contributed by atoms with Crippen molar-refractivity contribution < 1.29 is 27.4 Å². The Hall–Kier alpha value is -2.16. The van der Waals surface area contributed by atoms with Crippen molar-refractivity contribution in [1.82, 2.24) is 9.78 Å². The molecule has 9 heteroatoms. The summed E-state index contributed by atoms with van der Waals surface area (Å²) >= 11 is 0. The molecular weight excluding hydrogens is 305 g/mol. The van der Waals surface area contributed by atoms with E-state index in [1.165, 1.54) is 12.2 Å². The minimum atomic E-state index is -4.65. The topological polar surface area (TPSA) is 70.4 Å². The van der Waals surface area contributed by atoms with Gasteiger partial charge in [-0.25, -0.2) is 4.79 Å². The van der Waals surface area contributed by atoms with Gasteiger partial charge in [0.15, 0.2) is 0 Å².